The van der Waals surface area contributed by atoms with E-state index < -0.39 is 11.7 Å². The monoisotopic (exact) mass is 197 g/mol. The number of nitrogens with zero attached hydrogens (tertiary/aromatic N) is 2. The third-order valence-corrected chi connectivity index (χ3v) is 2.10. The first-order valence-electron chi connectivity index (χ1n) is 4.01. The average molecular weight is 197 g/mol. The Balaban J connectivity index is 2.71. The minimum atomic E-state index is -0.732. The summed E-state index contributed by atoms with van der Waals surface area (Å²) in [4.78, 5) is 22.3. The Morgan fingerprint density at radius 3 is 2.27 bits per heavy atom. The first-order chi connectivity index (χ1) is 7.17. The van der Waals surface area contributed by atoms with Crippen LogP contribution in [-0.4, -0.2) is 11.7 Å². The molecule has 0 radical (unpaired) electrons. The number of rotatable bonds is 0. The predicted molar refractivity (Wildman–Crippen MR) is 48.8 cm³/mol. The average Bonchev–Trinajstić information content (AvgIpc) is 2.53. The highest BCUT2D eigenvalue weighted by Gasteiger charge is 2.29. The number of Topliss-reactive ketones (excluding diaryl/α,β-unsaturated/α-hetero) is 1. The largest absolute Gasteiger partial charge is 0.318 e. The highest BCUT2D eigenvalue weighted by Crippen LogP contribution is 2.26. The molecule has 15 heavy (non-hydrogen) atoms. The highest BCUT2D eigenvalue weighted by molar-refractivity contribution is 6.51. The Kier molecular flexibility index (Phi) is 1.74. The second-order valence-electron chi connectivity index (χ2n) is 2.95. The summed E-state index contributed by atoms with van der Waals surface area (Å²) in [5.74, 6) is -1.41. The summed E-state index contributed by atoms with van der Waals surface area (Å²) in [6.45, 7) is 0. The van der Waals surface area contributed by atoms with E-state index in [0.717, 1.165) is 0 Å². The van der Waals surface area contributed by atoms with Crippen LogP contribution < -0.4 is 5.32 Å². The predicted octanol–water partition coefficient (Wildman–Crippen LogP) is 0.565. The van der Waals surface area contributed by atoms with Gasteiger partial charge in [0.05, 0.1) is 22.4 Å². The Labute approximate surface area is 84.5 Å². The molecule has 0 spiro atoms. The van der Waals surface area contributed by atoms with Gasteiger partial charge in [0.2, 0.25) is 0 Å². The van der Waals surface area contributed by atoms with Gasteiger partial charge in [0.1, 0.15) is 12.1 Å². The van der Waals surface area contributed by atoms with Gasteiger partial charge in [-0.2, -0.15) is 10.5 Å². The van der Waals surface area contributed by atoms with Crippen molar-refractivity contribution in [3.8, 4) is 12.1 Å². The van der Waals surface area contributed by atoms with E-state index in [1.54, 1.807) is 6.07 Å². The highest BCUT2D eigenvalue weighted by atomic mass is 16.2. The van der Waals surface area contributed by atoms with Crippen molar-refractivity contribution < 1.29 is 9.59 Å². The van der Waals surface area contributed by atoms with Crippen molar-refractivity contribution in [3.63, 3.8) is 0 Å². The molecule has 70 valence electrons. The molecule has 0 saturated carbocycles. The molecule has 5 nitrogen and oxygen atoms in total. The van der Waals surface area contributed by atoms with Gasteiger partial charge in [0, 0.05) is 0 Å². The van der Waals surface area contributed by atoms with E-state index in [2.05, 4.69) is 5.32 Å². The summed E-state index contributed by atoms with van der Waals surface area (Å²) in [7, 11) is 0. The van der Waals surface area contributed by atoms with Crippen LogP contribution in [0.3, 0.4) is 0 Å². The minimum Gasteiger partial charge on any atom is -0.318 e. The van der Waals surface area contributed by atoms with Crippen LogP contribution in [0.2, 0.25) is 0 Å². The zero-order chi connectivity index (χ0) is 11.0. The van der Waals surface area contributed by atoms with Crippen molar-refractivity contribution in [3.05, 3.63) is 28.8 Å². The van der Waals surface area contributed by atoms with E-state index in [1.807, 2.05) is 6.07 Å². The Morgan fingerprint density at radius 1 is 1.07 bits per heavy atom. The van der Waals surface area contributed by atoms with Gasteiger partial charge in [-0.05, 0) is 12.1 Å². The lowest BCUT2D eigenvalue weighted by Gasteiger charge is -1.98. The fourth-order valence-electron chi connectivity index (χ4n) is 1.38. The molecule has 0 aliphatic carbocycles. The van der Waals surface area contributed by atoms with Crippen LogP contribution in [0.4, 0.5) is 5.69 Å². The molecular formula is C10H3N3O2. The van der Waals surface area contributed by atoms with Crippen molar-refractivity contribution in [2.45, 2.75) is 0 Å². The van der Waals surface area contributed by atoms with Gasteiger partial charge in [-0.3, -0.25) is 9.59 Å². The van der Waals surface area contributed by atoms with E-state index in [1.165, 1.54) is 12.1 Å². The van der Waals surface area contributed by atoms with Gasteiger partial charge in [0.25, 0.3) is 11.7 Å². The van der Waals surface area contributed by atoms with Gasteiger partial charge >= 0.3 is 0 Å². The van der Waals surface area contributed by atoms with Crippen LogP contribution in [0.15, 0.2) is 12.1 Å². The molecule has 0 unspecified atom stereocenters. The Bertz CT molecular complexity index is 576. The van der Waals surface area contributed by atoms with Gasteiger partial charge in [0.15, 0.2) is 0 Å². The molecule has 0 aromatic heterocycles. The Morgan fingerprint density at radius 2 is 1.67 bits per heavy atom. The summed E-state index contributed by atoms with van der Waals surface area (Å²) in [6, 6.07) is 6.21. The number of carbonyl (C=O) groups excluding carboxylic acids is 2. The molecule has 1 aliphatic rings. The van der Waals surface area contributed by atoms with Crippen LogP contribution in [0.25, 0.3) is 0 Å². The molecule has 5 heteroatoms. The van der Waals surface area contributed by atoms with Crippen LogP contribution in [0.1, 0.15) is 21.5 Å². The smallest absolute Gasteiger partial charge is 0.296 e. The number of amides is 1. The van der Waals surface area contributed by atoms with E-state index in [4.69, 9.17) is 10.5 Å². The summed E-state index contributed by atoms with van der Waals surface area (Å²) in [5.41, 5.74) is 0.684. The summed E-state index contributed by atoms with van der Waals surface area (Å²) < 4.78 is 0. The van der Waals surface area contributed by atoms with Crippen molar-refractivity contribution in [1.29, 1.82) is 10.5 Å². The van der Waals surface area contributed by atoms with Crippen LogP contribution in [0.5, 0.6) is 0 Å². The Hall–Kier alpha value is -2.66. The van der Waals surface area contributed by atoms with E-state index >= 15 is 0 Å². The second-order valence-corrected chi connectivity index (χ2v) is 2.95. The van der Waals surface area contributed by atoms with Crippen LogP contribution >= 0.6 is 0 Å². The number of nitriles is 2. The molecule has 1 aromatic carbocycles. The zero-order valence-corrected chi connectivity index (χ0v) is 7.37. The lowest BCUT2D eigenvalue weighted by molar-refractivity contribution is -0.112. The number of ketones is 1. The third-order valence-electron chi connectivity index (χ3n) is 2.10. The standard InChI is InChI=1S/C10H3N3O2/c11-3-5-1-7-8(2-6(5)4-12)13-10(15)9(7)14/h1-2H,(H,13,14,15). The maximum Gasteiger partial charge on any atom is 0.296 e. The number of hydrogen-bond acceptors (Lipinski definition) is 4. The topological polar surface area (TPSA) is 93.8 Å². The second kappa shape index (κ2) is 2.93. The molecule has 1 N–H and O–H groups in total. The molecule has 0 fully saturated rings. The number of fused-ring (bicyclic) bond motifs is 1. The lowest BCUT2D eigenvalue weighted by Crippen LogP contribution is -2.12. The van der Waals surface area contributed by atoms with E-state index in [-0.39, 0.29) is 16.7 Å². The number of anilines is 1. The lowest BCUT2D eigenvalue weighted by atomic mass is 10.0. The van der Waals surface area contributed by atoms with Crippen molar-refractivity contribution in [2.24, 2.45) is 0 Å². The molecule has 2 rings (SSSR count). The van der Waals surface area contributed by atoms with Crippen LogP contribution in [-0.2, 0) is 4.79 Å². The molecule has 0 bridgehead atoms. The molecule has 0 saturated heterocycles. The fourth-order valence-corrected chi connectivity index (χ4v) is 1.38. The molecule has 1 heterocycles. The van der Waals surface area contributed by atoms with E-state index in [0.29, 0.717) is 5.69 Å². The molecule has 1 aliphatic heterocycles. The summed E-state index contributed by atoms with van der Waals surface area (Å²) in [6.07, 6.45) is 0. The minimum absolute atomic E-state index is 0.0982. The van der Waals surface area contributed by atoms with Gasteiger partial charge in [-0.15, -0.1) is 0 Å². The van der Waals surface area contributed by atoms with Crippen LogP contribution in [0, 0.1) is 22.7 Å². The van der Waals surface area contributed by atoms with Gasteiger partial charge < -0.3 is 5.32 Å². The maximum atomic E-state index is 11.3. The number of carbonyl (C=O) groups is 2. The first kappa shape index (κ1) is 8.92. The molecule has 0 atom stereocenters. The van der Waals surface area contributed by atoms with E-state index in [9.17, 15) is 9.59 Å². The number of nitrogens with one attached hydrogen (secondary N) is 1. The zero-order valence-electron chi connectivity index (χ0n) is 7.37. The van der Waals surface area contributed by atoms with Gasteiger partial charge in [-0.25, -0.2) is 0 Å². The number of hydrogen-bond donors (Lipinski definition) is 1. The summed E-state index contributed by atoms with van der Waals surface area (Å²) >= 11 is 0. The number of benzene rings is 1. The molecule has 1 amide bonds. The SMILES string of the molecule is N#Cc1cc2c(cc1C#N)C(=O)C(=O)N2. The fraction of sp³-hybridized carbons (Fsp3) is 0. The maximum absolute atomic E-state index is 11.3. The first-order valence-corrected chi connectivity index (χ1v) is 4.01. The van der Waals surface area contributed by atoms with Crippen molar-refractivity contribution in [1.82, 2.24) is 0 Å². The molecule has 1 aromatic rings. The van der Waals surface area contributed by atoms with Gasteiger partial charge in [-0.1, -0.05) is 0 Å². The van der Waals surface area contributed by atoms with Crippen molar-refractivity contribution >= 4 is 17.4 Å². The molecular weight excluding hydrogens is 194 g/mol. The quantitative estimate of drug-likeness (QED) is 0.615. The normalized spacial score (nSPS) is 12.7. The van der Waals surface area contributed by atoms with Crippen molar-refractivity contribution in [2.75, 3.05) is 5.32 Å². The third kappa shape index (κ3) is 1.15. The summed E-state index contributed by atoms with van der Waals surface area (Å²) in [5, 5.41) is 19.8.